The highest BCUT2D eigenvalue weighted by molar-refractivity contribution is 6.01. The normalized spacial score (nSPS) is 19.3. The van der Waals surface area contributed by atoms with Crippen LogP contribution >= 0.6 is 0 Å². The molecule has 9 nitrogen and oxygen atoms in total. The molecule has 166 valence electrons. The molecule has 0 saturated heterocycles. The van der Waals surface area contributed by atoms with Crippen LogP contribution in [0.4, 0.5) is 4.79 Å². The molecule has 3 aliphatic heterocycles. The maximum atomic E-state index is 13.5. The Morgan fingerprint density at radius 1 is 1.03 bits per heavy atom. The van der Waals surface area contributed by atoms with Gasteiger partial charge in [0.15, 0.2) is 11.5 Å². The minimum absolute atomic E-state index is 0.128. The maximum Gasteiger partial charge on any atom is 0.322 e. The Bertz CT molecular complexity index is 1120. The Morgan fingerprint density at radius 3 is 2.47 bits per heavy atom. The second-order valence-electron chi connectivity index (χ2n) is 7.80. The molecule has 2 aromatic carbocycles. The average Bonchev–Trinajstić information content (AvgIpc) is 3.40. The van der Waals surface area contributed by atoms with Gasteiger partial charge in [0.1, 0.15) is 11.5 Å². The van der Waals surface area contributed by atoms with Crippen molar-refractivity contribution in [3.63, 3.8) is 0 Å². The molecular weight excluding hydrogens is 414 g/mol. The van der Waals surface area contributed by atoms with E-state index in [0.717, 1.165) is 5.56 Å². The second-order valence-corrected chi connectivity index (χ2v) is 7.80. The van der Waals surface area contributed by atoms with Gasteiger partial charge in [-0.25, -0.2) is 4.79 Å². The number of fused-ring (bicyclic) bond motifs is 1. The van der Waals surface area contributed by atoms with E-state index in [-0.39, 0.29) is 18.7 Å². The molecule has 0 bridgehead atoms. The fourth-order valence-corrected chi connectivity index (χ4v) is 4.26. The zero-order valence-corrected chi connectivity index (χ0v) is 18.0. The maximum absolute atomic E-state index is 13.5. The van der Waals surface area contributed by atoms with Gasteiger partial charge in [-0.15, -0.1) is 0 Å². The van der Waals surface area contributed by atoms with Crippen LogP contribution in [-0.2, 0) is 11.3 Å². The van der Waals surface area contributed by atoms with Crippen LogP contribution in [0, 0.1) is 0 Å². The van der Waals surface area contributed by atoms with E-state index in [0.29, 0.717) is 52.9 Å². The van der Waals surface area contributed by atoms with Crippen LogP contribution in [0.5, 0.6) is 23.0 Å². The highest BCUT2D eigenvalue weighted by Gasteiger charge is 2.43. The van der Waals surface area contributed by atoms with Crippen LogP contribution in [0.15, 0.2) is 47.7 Å². The smallest absolute Gasteiger partial charge is 0.322 e. The summed E-state index contributed by atoms with van der Waals surface area (Å²) < 4.78 is 21.6. The molecule has 2 aromatic rings. The van der Waals surface area contributed by atoms with Crippen molar-refractivity contribution in [3.8, 4) is 23.0 Å². The molecule has 0 aromatic heterocycles. The number of amides is 3. The fourth-order valence-electron chi connectivity index (χ4n) is 4.26. The minimum Gasteiger partial charge on any atom is -0.497 e. The molecule has 3 amide bonds. The number of benzene rings is 2. The van der Waals surface area contributed by atoms with Gasteiger partial charge in [0, 0.05) is 19.7 Å². The lowest BCUT2D eigenvalue weighted by atomic mass is 9.95. The van der Waals surface area contributed by atoms with Gasteiger partial charge in [0.05, 0.1) is 38.1 Å². The predicted molar refractivity (Wildman–Crippen MR) is 114 cm³/mol. The molecule has 32 heavy (non-hydrogen) atoms. The molecular formula is C23H23N3O6. The summed E-state index contributed by atoms with van der Waals surface area (Å²) in [6.07, 6.45) is 0. The number of carbonyl (C=O) groups excluding carboxylic acids is 2. The van der Waals surface area contributed by atoms with Gasteiger partial charge >= 0.3 is 6.03 Å². The van der Waals surface area contributed by atoms with E-state index < -0.39 is 6.04 Å². The standard InChI is InChI=1S/C23H23N3O6/c1-25-17-11-26(10-13-4-5-18-19(6-13)32-12-31-18)22(27)20(17)21(24-23(25)28)14-7-15(29-2)9-16(8-14)30-3/h4-9,21H,10-12H2,1-3H3,(H,24,28)/t21-/m1/s1. The molecule has 3 aliphatic rings. The van der Waals surface area contributed by atoms with Gasteiger partial charge in [-0.3, -0.25) is 9.69 Å². The summed E-state index contributed by atoms with van der Waals surface area (Å²) in [4.78, 5) is 29.4. The number of nitrogens with one attached hydrogen (secondary N) is 1. The molecule has 0 fully saturated rings. The monoisotopic (exact) mass is 437 g/mol. The topological polar surface area (TPSA) is 89.6 Å². The molecule has 0 saturated carbocycles. The van der Waals surface area contributed by atoms with Crippen molar-refractivity contribution in [2.24, 2.45) is 0 Å². The quantitative estimate of drug-likeness (QED) is 0.773. The molecule has 1 N–H and O–H groups in total. The molecule has 5 rings (SSSR count). The number of likely N-dealkylation sites (N-methyl/N-ethyl adjacent to an activating group) is 1. The van der Waals surface area contributed by atoms with Gasteiger partial charge in [0.2, 0.25) is 6.79 Å². The Hall–Kier alpha value is -3.88. The van der Waals surface area contributed by atoms with Gasteiger partial charge in [0.25, 0.3) is 5.91 Å². The van der Waals surface area contributed by atoms with Crippen LogP contribution in [0.1, 0.15) is 17.2 Å². The van der Waals surface area contributed by atoms with E-state index in [1.165, 1.54) is 4.90 Å². The lowest BCUT2D eigenvalue weighted by molar-refractivity contribution is -0.126. The van der Waals surface area contributed by atoms with Crippen LogP contribution in [-0.4, -0.2) is 56.3 Å². The summed E-state index contributed by atoms with van der Waals surface area (Å²) >= 11 is 0. The summed E-state index contributed by atoms with van der Waals surface area (Å²) in [7, 11) is 4.79. The van der Waals surface area contributed by atoms with Crippen molar-refractivity contribution in [2.45, 2.75) is 12.6 Å². The van der Waals surface area contributed by atoms with Gasteiger partial charge in [-0.05, 0) is 35.4 Å². The van der Waals surface area contributed by atoms with E-state index in [2.05, 4.69) is 5.32 Å². The van der Waals surface area contributed by atoms with Gasteiger partial charge in [-0.1, -0.05) is 6.07 Å². The van der Waals surface area contributed by atoms with Gasteiger partial charge in [-0.2, -0.15) is 0 Å². The molecule has 0 spiro atoms. The van der Waals surface area contributed by atoms with Crippen LogP contribution < -0.4 is 24.3 Å². The first kappa shape index (κ1) is 20.0. The summed E-state index contributed by atoms with van der Waals surface area (Å²) in [6, 6.07) is 10.1. The Morgan fingerprint density at radius 2 is 1.75 bits per heavy atom. The van der Waals surface area contributed by atoms with Crippen LogP contribution in [0.25, 0.3) is 0 Å². The van der Waals surface area contributed by atoms with Crippen LogP contribution in [0.2, 0.25) is 0 Å². The zero-order valence-electron chi connectivity index (χ0n) is 18.0. The summed E-state index contributed by atoms with van der Waals surface area (Å²) in [5.74, 6) is 2.40. The van der Waals surface area contributed by atoms with E-state index in [4.69, 9.17) is 18.9 Å². The third kappa shape index (κ3) is 3.26. The highest BCUT2D eigenvalue weighted by Crippen LogP contribution is 2.39. The first-order valence-corrected chi connectivity index (χ1v) is 10.2. The van der Waals surface area contributed by atoms with Gasteiger partial charge < -0.3 is 29.2 Å². The van der Waals surface area contributed by atoms with Crippen molar-refractivity contribution in [2.75, 3.05) is 34.6 Å². The lowest BCUT2D eigenvalue weighted by Crippen LogP contribution is -2.45. The van der Waals surface area contributed by atoms with E-state index in [1.54, 1.807) is 44.4 Å². The molecule has 9 heteroatoms. The fraction of sp³-hybridized carbons (Fsp3) is 0.304. The molecule has 1 atom stereocenters. The van der Waals surface area contributed by atoms with Crippen molar-refractivity contribution in [3.05, 3.63) is 58.8 Å². The van der Waals surface area contributed by atoms with Crippen molar-refractivity contribution in [1.82, 2.24) is 15.1 Å². The molecule has 0 aliphatic carbocycles. The number of ether oxygens (including phenoxy) is 4. The number of urea groups is 1. The Balaban J connectivity index is 1.47. The van der Waals surface area contributed by atoms with Crippen molar-refractivity contribution >= 4 is 11.9 Å². The van der Waals surface area contributed by atoms with Crippen LogP contribution in [0.3, 0.4) is 0 Å². The molecule has 3 heterocycles. The minimum atomic E-state index is -0.605. The van der Waals surface area contributed by atoms with E-state index >= 15 is 0 Å². The SMILES string of the molecule is COc1cc(OC)cc([C@H]2NC(=O)N(C)C3=C2C(=O)N(Cc2ccc4c(c2)OCO4)C3)c1. The highest BCUT2D eigenvalue weighted by atomic mass is 16.7. The number of hydrogen-bond acceptors (Lipinski definition) is 6. The zero-order chi connectivity index (χ0) is 22.4. The first-order valence-electron chi connectivity index (χ1n) is 10.2. The number of carbonyl (C=O) groups is 2. The second kappa shape index (κ2) is 7.67. The van der Waals surface area contributed by atoms with E-state index in [9.17, 15) is 9.59 Å². The van der Waals surface area contributed by atoms with Crippen molar-refractivity contribution < 1.29 is 28.5 Å². The average molecular weight is 437 g/mol. The third-order valence-corrected chi connectivity index (χ3v) is 5.95. The third-order valence-electron chi connectivity index (χ3n) is 5.95. The van der Waals surface area contributed by atoms with E-state index in [1.807, 2.05) is 18.2 Å². The molecule has 0 radical (unpaired) electrons. The van der Waals surface area contributed by atoms with Crippen molar-refractivity contribution in [1.29, 1.82) is 0 Å². The summed E-state index contributed by atoms with van der Waals surface area (Å²) in [5, 5.41) is 2.94. The Labute approximate surface area is 185 Å². The number of rotatable bonds is 5. The number of nitrogens with zero attached hydrogens (tertiary/aromatic N) is 2. The Kier molecular flexibility index (Phi) is 4.80. The predicted octanol–water partition coefficient (Wildman–Crippen LogP) is 2.43. The summed E-state index contributed by atoms with van der Waals surface area (Å²) in [5.41, 5.74) is 2.87. The largest absolute Gasteiger partial charge is 0.497 e. The number of methoxy groups -OCH3 is 2. The number of hydrogen-bond donors (Lipinski definition) is 1. The lowest BCUT2D eigenvalue weighted by Gasteiger charge is -2.31. The summed E-state index contributed by atoms with van der Waals surface area (Å²) in [6.45, 7) is 0.921. The first-order chi connectivity index (χ1) is 15.5. The molecule has 0 unspecified atom stereocenters.